The average molecular weight is 396 g/mol. The summed E-state index contributed by atoms with van der Waals surface area (Å²) in [4.78, 5) is 16.4. The van der Waals surface area contributed by atoms with Gasteiger partial charge in [0.25, 0.3) is 0 Å². The third-order valence-electron chi connectivity index (χ3n) is 5.06. The second-order valence-corrected chi connectivity index (χ2v) is 6.84. The van der Waals surface area contributed by atoms with Crippen molar-refractivity contribution in [2.75, 3.05) is 0 Å². The highest BCUT2D eigenvalue weighted by Gasteiger charge is 2.18. The van der Waals surface area contributed by atoms with Gasteiger partial charge in [-0.15, -0.1) is 0 Å². The summed E-state index contributed by atoms with van der Waals surface area (Å²) in [6, 6.07) is 10.5. The van der Waals surface area contributed by atoms with Crippen molar-refractivity contribution in [3.05, 3.63) is 73.3 Å². The summed E-state index contributed by atoms with van der Waals surface area (Å²) >= 11 is 0. The van der Waals surface area contributed by atoms with E-state index in [4.69, 9.17) is 9.40 Å². The normalized spacial score (nSPS) is 11.5. The van der Waals surface area contributed by atoms with Gasteiger partial charge >= 0.3 is 0 Å². The van der Waals surface area contributed by atoms with Crippen molar-refractivity contribution in [3.8, 4) is 33.8 Å². The molecule has 0 fully saturated rings. The molecule has 7 nitrogen and oxygen atoms in total. The van der Waals surface area contributed by atoms with Gasteiger partial charge in [-0.05, 0) is 24.3 Å². The molecule has 0 bridgehead atoms. The molecule has 0 amide bonds. The molecule has 0 saturated heterocycles. The predicted molar refractivity (Wildman–Crippen MR) is 110 cm³/mol. The molecule has 5 aromatic heterocycles. The van der Waals surface area contributed by atoms with Gasteiger partial charge in [0, 0.05) is 52.3 Å². The molecule has 0 saturated carbocycles. The van der Waals surface area contributed by atoms with Crippen LogP contribution in [0.1, 0.15) is 0 Å². The van der Waals surface area contributed by atoms with Crippen molar-refractivity contribution in [2.24, 2.45) is 0 Å². The van der Waals surface area contributed by atoms with Crippen LogP contribution in [0.2, 0.25) is 0 Å². The van der Waals surface area contributed by atoms with Gasteiger partial charge in [0.1, 0.15) is 17.0 Å². The predicted octanol–water partition coefficient (Wildman–Crippen LogP) is 4.96. The minimum absolute atomic E-state index is 0.348. The number of nitrogens with one attached hydrogen (secondary N) is 2. The summed E-state index contributed by atoms with van der Waals surface area (Å²) in [5.41, 5.74) is 5.47. The van der Waals surface area contributed by atoms with Gasteiger partial charge in [0.15, 0.2) is 11.5 Å². The van der Waals surface area contributed by atoms with Gasteiger partial charge in [-0.25, -0.2) is 14.4 Å². The number of aromatic amines is 2. The fourth-order valence-electron chi connectivity index (χ4n) is 3.64. The number of fused-ring (bicyclic) bond motifs is 2. The van der Waals surface area contributed by atoms with Crippen LogP contribution in [0, 0.1) is 5.82 Å². The van der Waals surface area contributed by atoms with Gasteiger partial charge in [-0.3, -0.25) is 10.1 Å². The molecule has 1 aromatic carbocycles. The Morgan fingerprint density at radius 1 is 1.00 bits per heavy atom. The summed E-state index contributed by atoms with van der Waals surface area (Å²) in [5.74, 6) is 0.197. The Kier molecular flexibility index (Phi) is 3.51. The van der Waals surface area contributed by atoms with Gasteiger partial charge in [-0.1, -0.05) is 6.07 Å². The van der Waals surface area contributed by atoms with Gasteiger partial charge < -0.3 is 9.40 Å². The van der Waals surface area contributed by atoms with Crippen molar-refractivity contribution in [3.63, 3.8) is 0 Å². The first-order chi connectivity index (χ1) is 14.8. The number of imidazole rings is 1. The first-order valence-corrected chi connectivity index (χ1v) is 9.23. The Labute approximate surface area is 168 Å². The third-order valence-corrected chi connectivity index (χ3v) is 5.06. The Morgan fingerprint density at radius 3 is 2.80 bits per heavy atom. The molecule has 6 aromatic rings. The number of hydrogen-bond donors (Lipinski definition) is 2. The monoisotopic (exact) mass is 396 g/mol. The van der Waals surface area contributed by atoms with Crippen LogP contribution in [-0.2, 0) is 0 Å². The molecule has 8 heteroatoms. The van der Waals surface area contributed by atoms with E-state index in [9.17, 15) is 4.39 Å². The van der Waals surface area contributed by atoms with Crippen molar-refractivity contribution in [2.45, 2.75) is 0 Å². The maximum absolute atomic E-state index is 14.7. The number of halogens is 1. The Morgan fingerprint density at radius 2 is 1.97 bits per heavy atom. The van der Waals surface area contributed by atoms with E-state index in [1.165, 1.54) is 6.07 Å². The molecule has 0 unspecified atom stereocenters. The number of nitrogens with zero attached hydrogens (tertiary/aromatic N) is 4. The molecular formula is C22H13FN6O. The van der Waals surface area contributed by atoms with Crippen molar-refractivity contribution < 1.29 is 8.81 Å². The minimum atomic E-state index is -0.348. The van der Waals surface area contributed by atoms with E-state index in [0.29, 0.717) is 39.3 Å². The number of furan rings is 1. The summed E-state index contributed by atoms with van der Waals surface area (Å²) in [6.45, 7) is 0. The lowest BCUT2D eigenvalue weighted by Gasteiger charge is -2.03. The summed E-state index contributed by atoms with van der Waals surface area (Å²) in [5, 5.41) is 8.02. The van der Waals surface area contributed by atoms with Crippen LogP contribution in [0.15, 0.2) is 71.9 Å². The molecule has 2 N–H and O–H groups in total. The van der Waals surface area contributed by atoms with Crippen LogP contribution < -0.4 is 0 Å². The van der Waals surface area contributed by atoms with E-state index >= 15 is 0 Å². The zero-order valence-corrected chi connectivity index (χ0v) is 15.4. The number of aromatic nitrogens is 6. The summed E-state index contributed by atoms with van der Waals surface area (Å²) in [7, 11) is 0. The molecule has 144 valence electrons. The lowest BCUT2D eigenvalue weighted by molar-refractivity contribution is 0.568. The van der Waals surface area contributed by atoms with Crippen LogP contribution in [-0.4, -0.2) is 30.1 Å². The first-order valence-electron chi connectivity index (χ1n) is 9.23. The maximum Gasteiger partial charge on any atom is 0.160 e. The van der Waals surface area contributed by atoms with Crippen molar-refractivity contribution in [1.29, 1.82) is 0 Å². The number of benzene rings is 1. The fourth-order valence-corrected chi connectivity index (χ4v) is 3.64. The van der Waals surface area contributed by atoms with Crippen LogP contribution in [0.3, 0.4) is 0 Å². The third kappa shape index (κ3) is 2.51. The van der Waals surface area contributed by atoms with E-state index in [-0.39, 0.29) is 5.82 Å². The highest BCUT2D eigenvalue weighted by Crippen LogP contribution is 2.33. The smallest absolute Gasteiger partial charge is 0.160 e. The maximum atomic E-state index is 14.7. The Hall–Kier alpha value is -4.33. The second-order valence-electron chi connectivity index (χ2n) is 6.84. The molecule has 5 heterocycles. The molecule has 0 aliphatic rings. The molecule has 0 aliphatic carbocycles. The SMILES string of the molecule is Fc1cc2[nH]nc(-c3nc4c(-c5ccoc5)ccnc4[nH]3)c2cc1-c1cccnc1. The fraction of sp³-hybridized carbons (Fsp3) is 0. The van der Waals surface area contributed by atoms with E-state index < -0.39 is 0 Å². The number of hydrogen-bond acceptors (Lipinski definition) is 5. The van der Waals surface area contributed by atoms with Crippen molar-refractivity contribution in [1.82, 2.24) is 30.1 Å². The van der Waals surface area contributed by atoms with Crippen LogP contribution in [0.5, 0.6) is 0 Å². The van der Waals surface area contributed by atoms with E-state index in [1.807, 2.05) is 18.2 Å². The second kappa shape index (κ2) is 6.35. The number of rotatable bonds is 3. The van der Waals surface area contributed by atoms with Gasteiger partial charge in [-0.2, -0.15) is 5.10 Å². The van der Waals surface area contributed by atoms with Gasteiger partial charge in [0.05, 0.1) is 18.0 Å². The van der Waals surface area contributed by atoms with Crippen LogP contribution >= 0.6 is 0 Å². The zero-order valence-electron chi connectivity index (χ0n) is 15.4. The number of pyridine rings is 2. The largest absolute Gasteiger partial charge is 0.472 e. The summed E-state index contributed by atoms with van der Waals surface area (Å²) < 4.78 is 19.9. The molecule has 30 heavy (non-hydrogen) atoms. The standard InChI is InChI=1S/C22H13FN6O/c23-17-9-18-16(8-15(17)12-2-1-5-24-10-12)20(29-28-18)22-26-19-14(13-4-7-30-11-13)3-6-25-21(19)27-22/h1-11H,(H,28,29)(H,25,26,27). The van der Waals surface area contributed by atoms with Crippen LogP contribution in [0.25, 0.3) is 55.8 Å². The van der Waals surface area contributed by atoms with E-state index in [1.54, 1.807) is 43.2 Å². The summed E-state index contributed by atoms with van der Waals surface area (Å²) in [6.07, 6.45) is 8.28. The topological polar surface area (TPSA) is 96.3 Å². The van der Waals surface area contributed by atoms with Crippen molar-refractivity contribution >= 4 is 22.1 Å². The molecular weight excluding hydrogens is 383 g/mol. The average Bonchev–Trinajstić information content (AvgIpc) is 3.52. The zero-order chi connectivity index (χ0) is 20.1. The van der Waals surface area contributed by atoms with E-state index in [2.05, 4.69) is 25.1 Å². The lowest BCUT2D eigenvalue weighted by atomic mass is 10.0. The van der Waals surface area contributed by atoms with Crippen LogP contribution in [0.4, 0.5) is 4.39 Å². The lowest BCUT2D eigenvalue weighted by Crippen LogP contribution is -1.87. The molecule has 0 aliphatic heterocycles. The quantitative estimate of drug-likeness (QED) is 0.441. The highest BCUT2D eigenvalue weighted by atomic mass is 19.1. The molecule has 0 atom stereocenters. The molecule has 6 rings (SSSR count). The van der Waals surface area contributed by atoms with Gasteiger partial charge in [0.2, 0.25) is 0 Å². The van der Waals surface area contributed by atoms with E-state index in [0.717, 1.165) is 16.5 Å². The minimum Gasteiger partial charge on any atom is -0.472 e. The molecule has 0 radical (unpaired) electrons. The Balaban J connectivity index is 1.55. The highest BCUT2D eigenvalue weighted by molar-refractivity contribution is 5.97. The first kappa shape index (κ1) is 16.6. The molecule has 0 spiro atoms. The Bertz CT molecular complexity index is 1500. The number of H-pyrrole nitrogens is 2.